The molecular formula is C21H27N3O3. The Morgan fingerprint density at radius 3 is 2.93 bits per heavy atom. The molecule has 0 radical (unpaired) electrons. The van der Waals surface area contributed by atoms with Crippen molar-refractivity contribution in [2.75, 3.05) is 13.2 Å². The first kappa shape index (κ1) is 18.0. The Morgan fingerprint density at radius 2 is 2.15 bits per heavy atom. The number of hydrogen-bond acceptors (Lipinski definition) is 5. The second-order valence-corrected chi connectivity index (χ2v) is 7.63. The first-order chi connectivity index (χ1) is 13.2. The second-order valence-electron chi connectivity index (χ2n) is 7.63. The Labute approximate surface area is 159 Å². The van der Waals surface area contributed by atoms with Crippen LogP contribution in [0.25, 0.3) is 0 Å². The van der Waals surface area contributed by atoms with Gasteiger partial charge in [-0.25, -0.2) is 0 Å². The van der Waals surface area contributed by atoms with E-state index in [1.54, 1.807) is 0 Å². The van der Waals surface area contributed by atoms with E-state index >= 15 is 0 Å². The Hall–Kier alpha value is -2.37. The van der Waals surface area contributed by atoms with Gasteiger partial charge in [0, 0.05) is 18.9 Å². The first-order valence-electron chi connectivity index (χ1n) is 10.0. The molecule has 1 aliphatic heterocycles. The van der Waals surface area contributed by atoms with E-state index in [1.165, 1.54) is 12.0 Å². The first-order valence-corrected chi connectivity index (χ1v) is 10.0. The topological polar surface area (TPSA) is 68.5 Å². The number of hydrogen-bond donors (Lipinski definition) is 0. The van der Waals surface area contributed by atoms with Crippen LogP contribution in [0.2, 0.25) is 0 Å². The van der Waals surface area contributed by atoms with Crippen LogP contribution in [-0.2, 0) is 11.2 Å². The number of amides is 1. The van der Waals surface area contributed by atoms with Gasteiger partial charge in [-0.2, -0.15) is 4.98 Å². The summed E-state index contributed by atoms with van der Waals surface area (Å²) >= 11 is 0. The summed E-state index contributed by atoms with van der Waals surface area (Å²) in [5.74, 6) is 2.54. The van der Waals surface area contributed by atoms with Crippen LogP contribution in [0.5, 0.6) is 5.75 Å². The SMILES string of the molecule is Cc1cccc(OCCc2noc(C3CCCCN3C(=O)C3CCC3)n2)c1. The fraction of sp³-hybridized carbons (Fsp3) is 0.571. The number of aromatic nitrogens is 2. The summed E-state index contributed by atoms with van der Waals surface area (Å²) in [7, 11) is 0. The molecule has 1 amide bonds. The Kier molecular flexibility index (Phi) is 5.41. The number of ether oxygens (including phenoxy) is 1. The molecule has 1 aromatic heterocycles. The van der Waals surface area contributed by atoms with Crippen LogP contribution < -0.4 is 4.74 Å². The molecule has 2 fully saturated rings. The summed E-state index contributed by atoms with van der Waals surface area (Å²) in [5, 5.41) is 4.11. The minimum Gasteiger partial charge on any atom is -0.493 e. The van der Waals surface area contributed by atoms with Crippen molar-refractivity contribution in [3.8, 4) is 5.75 Å². The lowest BCUT2D eigenvalue weighted by Gasteiger charge is -2.38. The highest BCUT2D eigenvalue weighted by Gasteiger charge is 2.37. The van der Waals surface area contributed by atoms with E-state index in [0.717, 1.165) is 44.4 Å². The van der Waals surface area contributed by atoms with Crippen LogP contribution in [-0.4, -0.2) is 34.1 Å². The fourth-order valence-electron chi connectivity index (χ4n) is 3.81. The number of rotatable bonds is 6. The molecule has 0 spiro atoms. The number of likely N-dealkylation sites (tertiary alicyclic amines) is 1. The molecule has 4 rings (SSSR count). The molecule has 2 heterocycles. The highest BCUT2D eigenvalue weighted by Crippen LogP contribution is 2.35. The smallest absolute Gasteiger partial charge is 0.249 e. The van der Waals surface area contributed by atoms with Gasteiger partial charge in [0.1, 0.15) is 11.8 Å². The van der Waals surface area contributed by atoms with Crippen LogP contribution in [0.1, 0.15) is 61.8 Å². The highest BCUT2D eigenvalue weighted by molar-refractivity contribution is 5.80. The summed E-state index contributed by atoms with van der Waals surface area (Å²) in [5.41, 5.74) is 1.17. The average Bonchev–Trinajstić information content (AvgIpc) is 3.09. The molecule has 6 nitrogen and oxygen atoms in total. The summed E-state index contributed by atoms with van der Waals surface area (Å²) in [4.78, 5) is 19.3. The maximum absolute atomic E-state index is 12.7. The number of piperidine rings is 1. The molecule has 1 aromatic carbocycles. The zero-order valence-electron chi connectivity index (χ0n) is 15.9. The minimum atomic E-state index is -0.0641. The lowest BCUT2D eigenvalue weighted by atomic mass is 9.83. The van der Waals surface area contributed by atoms with Crippen molar-refractivity contribution in [3.63, 3.8) is 0 Å². The van der Waals surface area contributed by atoms with E-state index in [9.17, 15) is 4.79 Å². The molecule has 27 heavy (non-hydrogen) atoms. The molecule has 6 heteroatoms. The van der Waals surface area contributed by atoms with Crippen LogP contribution >= 0.6 is 0 Å². The number of benzene rings is 1. The molecule has 144 valence electrons. The zero-order valence-corrected chi connectivity index (χ0v) is 15.9. The van der Waals surface area contributed by atoms with Gasteiger partial charge in [-0.3, -0.25) is 4.79 Å². The largest absolute Gasteiger partial charge is 0.493 e. The summed E-state index contributed by atoms with van der Waals surface area (Å²) in [6.07, 6.45) is 6.84. The molecule has 1 aliphatic carbocycles. The third-order valence-electron chi connectivity index (χ3n) is 5.59. The maximum Gasteiger partial charge on any atom is 0.249 e. The molecule has 1 unspecified atom stereocenters. The van der Waals surface area contributed by atoms with Gasteiger partial charge in [0.05, 0.1) is 6.61 Å². The molecule has 1 saturated heterocycles. The second kappa shape index (κ2) is 8.11. The molecule has 1 atom stereocenters. The van der Waals surface area contributed by atoms with Crippen LogP contribution in [0, 0.1) is 12.8 Å². The van der Waals surface area contributed by atoms with Gasteiger partial charge >= 0.3 is 0 Å². The minimum absolute atomic E-state index is 0.0641. The summed E-state index contributed by atoms with van der Waals surface area (Å²) in [6.45, 7) is 3.34. The van der Waals surface area contributed by atoms with Crippen molar-refractivity contribution in [1.82, 2.24) is 15.0 Å². The number of aryl methyl sites for hydroxylation is 1. The fourth-order valence-corrected chi connectivity index (χ4v) is 3.81. The predicted octanol–water partition coefficient (Wildman–Crippen LogP) is 3.85. The summed E-state index contributed by atoms with van der Waals surface area (Å²) < 4.78 is 11.3. The monoisotopic (exact) mass is 369 g/mol. The predicted molar refractivity (Wildman–Crippen MR) is 100 cm³/mol. The number of nitrogens with zero attached hydrogens (tertiary/aromatic N) is 3. The van der Waals surface area contributed by atoms with E-state index in [0.29, 0.717) is 24.7 Å². The van der Waals surface area contributed by atoms with Crippen molar-refractivity contribution in [2.24, 2.45) is 5.92 Å². The Morgan fingerprint density at radius 1 is 1.26 bits per heavy atom. The average molecular weight is 369 g/mol. The molecule has 1 saturated carbocycles. The standard InChI is InChI=1S/C21H27N3O3/c1-15-6-4-9-17(14-15)26-13-11-19-22-20(27-23-19)18-10-2-3-12-24(18)21(25)16-7-5-8-16/h4,6,9,14,16,18H,2-3,5,7-8,10-13H2,1H3. The van der Waals surface area contributed by atoms with Crippen molar-refractivity contribution in [1.29, 1.82) is 0 Å². The van der Waals surface area contributed by atoms with Crippen molar-refractivity contribution in [2.45, 2.75) is 57.9 Å². The van der Waals surface area contributed by atoms with Gasteiger partial charge in [-0.1, -0.05) is 23.7 Å². The zero-order chi connectivity index (χ0) is 18.6. The maximum atomic E-state index is 12.7. The van der Waals surface area contributed by atoms with Crippen LogP contribution in [0.3, 0.4) is 0 Å². The van der Waals surface area contributed by atoms with Gasteiger partial charge in [0.15, 0.2) is 5.82 Å². The number of carbonyl (C=O) groups excluding carboxylic acids is 1. The van der Waals surface area contributed by atoms with E-state index in [4.69, 9.17) is 9.26 Å². The van der Waals surface area contributed by atoms with E-state index < -0.39 is 0 Å². The van der Waals surface area contributed by atoms with Gasteiger partial charge in [-0.05, 0) is 56.7 Å². The lowest BCUT2D eigenvalue weighted by Crippen LogP contribution is -2.43. The van der Waals surface area contributed by atoms with E-state index in [-0.39, 0.29) is 17.9 Å². The van der Waals surface area contributed by atoms with E-state index in [2.05, 4.69) is 10.1 Å². The molecule has 0 N–H and O–H groups in total. The molecular weight excluding hydrogens is 342 g/mol. The third-order valence-corrected chi connectivity index (χ3v) is 5.59. The van der Waals surface area contributed by atoms with E-state index in [1.807, 2.05) is 36.1 Å². The van der Waals surface area contributed by atoms with Crippen molar-refractivity contribution < 1.29 is 14.1 Å². The van der Waals surface area contributed by atoms with Crippen LogP contribution in [0.15, 0.2) is 28.8 Å². The quantitative estimate of drug-likeness (QED) is 0.773. The van der Waals surface area contributed by atoms with Crippen LogP contribution in [0.4, 0.5) is 0 Å². The summed E-state index contributed by atoms with van der Waals surface area (Å²) in [6, 6.07) is 7.91. The Balaban J connectivity index is 1.36. The van der Waals surface area contributed by atoms with Gasteiger partial charge < -0.3 is 14.2 Å². The van der Waals surface area contributed by atoms with Gasteiger partial charge in [-0.15, -0.1) is 0 Å². The number of carbonyl (C=O) groups is 1. The third kappa shape index (κ3) is 4.15. The Bertz CT molecular complexity index is 784. The molecule has 0 bridgehead atoms. The van der Waals surface area contributed by atoms with Crippen molar-refractivity contribution >= 4 is 5.91 Å². The molecule has 2 aromatic rings. The highest BCUT2D eigenvalue weighted by atomic mass is 16.5. The molecule has 2 aliphatic rings. The van der Waals surface area contributed by atoms with Gasteiger partial charge in [0.2, 0.25) is 11.8 Å². The normalized spacial score (nSPS) is 20.3. The van der Waals surface area contributed by atoms with Gasteiger partial charge in [0.25, 0.3) is 0 Å². The lowest BCUT2D eigenvalue weighted by molar-refractivity contribution is -0.142. The van der Waals surface area contributed by atoms with Crippen molar-refractivity contribution in [3.05, 3.63) is 41.5 Å².